The lowest BCUT2D eigenvalue weighted by Gasteiger charge is -2.30. The van der Waals surface area contributed by atoms with E-state index in [1.807, 2.05) is 23.1 Å². The van der Waals surface area contributed by atoms with Gasteiger partial charge in [0, 0.05) is 38.0 Å². The number of hydrogen-bond donors (Lipinski definition) is 1. The van der Waals surface area contributed by atoms with Crippen LogP contribution in [0.25, 0.3) is 0 Å². The van der Waals surface area contributed by atoms with E-state index < -0.39 is 18.2 Å². The van der Waals surface area contributed by atoms with Crippen LogP contribution in [0.2, 0.25) is 0 Å². The van der Waals surface area contributed by atoms with E-state index in [0.717, 1.165) is 44.3 Å². The predicted molar refractivity (Wildman–Crippen MR) is 133 cm³/mol. The van der Waals surface area contributed by atoms with Gasteiger partial charge in [-0.15, -0.1) is 0 Å². The first-order chi connectivity index (χ1) is 17.5. The van der Waals surface area contributed by atoms with E-state index in [1.165, 1.54) is 12.5 Å². The zero-order valence-electron chi connectivity index (χ0n) is 21.3. The molecule has 9 heteroatoms. The molecule has 1 N–H and O–H groups in total. The fourth-order valence-electron chi connectivity index (χ4n) is 5.38. The molecule has 1 aromatic carbocycles. The van der Waals surface area contributed by atoms with Gasteiger partial charge in [0.25, 0.3) is 0 Å². The summed E-state index contributed by atoms with van der Waals surface area (Å²) in [5, 5.41) is 10.3. The zero-order valence-corrected chi connectivity index (χ0v) is 21.3. The van der Waals surface area contributed by atoms with Gasteiger partial charge in [0.2, 0.25) is 19.0 Å². The van der Waals surface area contributed by atoms with Crippen molar-refractivity contribution in [1.82, 2.24) is 9.80 Å². The van der Waals surface area contributed by atoms with E-state index in [2.05, 4.69) is 18.7 Å². The molecule has 3 heterocycles. The number of carboxylic acids is 1. The van der Waals surface area contributed by atoms with Gasteiger partial charge in [-0.3, -0.25) is 14.5 Å². The Balaban J connectivity index is 1.55. The number of rotatable bonds is 13. The Morgan fingerprint density at radius 2 is 1.72 bits per heavy atom. The topological polar surface area (TPSA) is 97.8 Å². The predicted octanol–water partition coefficient (Wildman–Crippen LogP) is 3.94. The quantitative estimate of drug-likeness (QED) is 0.433. The van der Waals surface area contributed by atoms with Crippen LogP contribution in [0.5, 0.6) is 11.5 Å². The van der Waals surface area contributed by atoms with Gasteiger partial charge in [-0.05, 0) is 37.0 Å². The third-order valence-corrected chi connectivity index (χ3v) is 7.33. The van der Waals surface area contributed by atoms with E-state index in [-0.39, 0.29) is 31.2 Å². The molecule has 3 aliphatic rings. The first-order valence-electron chi connectivity index (χ1n) is 13.1. The minimum Gasteiger partial charge on any atom is -0.481 e. The van der Waals surface area contributed by atoms with Crippen LogP contribution in [0.4, 0.5) is 0 Å². The molecular weight excluding hydrogens is 464 g/mol. The molecular formula is C27H38N2O7. The van der Waals surface area contributed by atoms with Crippen molar-refractivity contribution in [1.29, 1.82) is 0 Å². The van der Waals surface area contributed by atoms with Gasteiger partial charge < -0.3 is 29.0 Å². The van der Waals surface area contributed by atoms with Crippen molar-refractivity contribution in [2.24, 2.45) is 5.92 Å². The number of likely N-dealkylation sites (tertiary alicyclic amines) is 1. The summed E-state index contributed by atoms with van der Waals surface area (Å²) in [5.41, 5.74) is 0.885. The maximum atomic E-state index is 13.4. The smallest absolute Gasteiger partial charge is 0.308 e. The second kappa shape index (κ2) is 12.3. The van der Waals surface area contributed by atoms with Crippen molar-refractivity contribution in [2.75, 3.05) is 33.0 Å². The van der Waals surface area contributed by atoms with E-state index in [0.29, 0.717) is 30.9 Å². The minimum absolute atomic E-state index is 0.0624. The maximum absolute atomic E-state index is 13.4. The van der Waals surface area contributed by atoms with Gasteiger partial charge in [0.05, 0.1) is 12.5 Å². The Bertz CT molecular complexity index is 921. The van der Waals surface area contributed by atoms with Crippen LogP contribution >= 0.6 is 0 Å². The SMILES string of the molecule is CCCCN(CCCC)C(=O)CN1C[C@H](c2ccc3c(c2)OCO3)[C@@H](C(=O)O)[C@@H]1CCC1OC=CO1. The van der Waals surface area contributed by atoms with Gasteiger partial charge in [-0.2, -0.15) is 0 Å². The molecule has 0 radical (unpaired) electrons. The van der Waals surface area contributed by atoms with Gasteiger partial charge in [0.15, 0.2) is 11.5 Å². The lowest BCUT2D eigenvalue weighted by atomic mass is 9.83. The number of hydrogen-bond acceptors (Lipinski definition) is 7. The summed E-state index contributed by atoms with van der Waals surface area (Å²) in [4.78, 5) is 30.1. The molecule has 1 aromatic rings. The number of carbonyl (C=O) groups excluding carboxylic acids is 1. The van der Waals surface area contributed by atoms with Gasteiger partial charge in [0.1, 0.15) is 12.5 Å². The van der Waals surface area contributed by atoms with Crippen LogP contribution in [-0.2, 0) is 19.1 Å². The largest absolute Gasteiger partial charge is 0.481 e. The van der Waals surface area contributed by atoms with E-state index in [9.17, 15) is 14.7 Å². The summed E-state index contributed by atoms with van der Waals surface area (Å²) in [6, 6.07) is 5.31. The minimum atomic E-state index is -0.863. The Morgan fingerprint density at radius 1 is 1.03 bits per heavy atom. The number of aliphatic carboxylic acids is 1. The van der Waals surface area contributed by atoms with Crippen LogP contribution in [0.3, 0.4) is 0 Å². The molecule has 0 spiro atoms. The number of unbranched alkanes of at least 4 members (excludes halogenated alkanes) is 2. The van der Waals surface area contributed by atoms with Crippen LogP contribution in [0.1, 0.15) is 63.9 Å². The van der Waals surface area contributed by atoms with Crippen molar-refractivity contribution in [3.8, 4) is 11.5 Å². The average molecular weight is 503 g/mol. The Kier molecular flexibility index (Phi) is 8.96. The highest BCUT2D eigenvalue weighted by Gasteiger charge is 2.47. The number of nitrogens with zero attached hydrogens (tertiary/aromatic N) is 2. The molecule has 3 atom stereocenters. The fourth-order valence-corrected chi connectivity index (χ4v) is 5.38. The van der Waals surface area contributed by atoms with E-state index >= 15 is 0 Å². The summed E-state index contributed by atoms with van der Waals surface area (Å²) >= 11 is 0. The van der Waals surface area contributed by atoms with Crippen molar-refractivity contribution >= 4 is 11.9 Å². The highest BCUT2D eigenvalue weighted by Crippen LogP contribution is 2.43. The maximum Gasteiger partial charge on any atom is 0.308 e. The van der Waals surface area contributed by atoms with Crippen molar-refractivity contribution in [2.45, 2.75) is 70.6 Å². The number of ether oxygens (including phenoxy) is 4. The average Bonchev–Trinajstić information content (AvgIpc) is 3.62. The number of carboxylic acid groups (broad SMARTS) is 1. The first kappa shape index (κ1) is 26.1. The van der Waals surface area contributed by atoms with Gasteiger partial charge in [-0.1, -0.05) is 32.8 Å². The number of fused-ring (bicyclic) bond motifs is 1. The number of amides is 1. The molecule has 3 aliphatic heterocycles. The summed E-state index contributed by atoms with van der Waals surface area (Å²) in [6.07, 6.45) is 7.62. The fraction of sp³-hybridized carbons (Fsp3) is 0.630. The zero-order chi connectivity index (χ0) is 25.5. The number of carbonyl (C=O) groups is 2. The van der Waals surface area contributed by atoms with Crippen LogP contribution in [0, 0.1) is 5.92 Å². The molecule has 198 valence electrons. The van der Waals surface area contributed by atoms with E-state index in [4.69, 9.17) is 18.9 Å². The molecule has 9 nitrogen and oxygen atoms in total. The number of benzene rings is 1. The normalized spacial score (nSPS) is 23.0. The lowest BCUT2D eigenvalue weighted by molar-refractivity contribution is -0.144. The molecule has 0 aromatic heterocycles. The van der Waals surface area contributed by atoms with Crippen LogP contribution in [-0.4, -0.2) is 72.1 Å². The highest BCUT2D eigenvalue weighted by molar-refractivity contribution is 5.79. The molecule has 0 saturated carbocycles. The van der Waals surface area contributed by atoms with Gasteiger partial charge in [-0.25, -0.2) is 0 Å². The first-order valence-corrected chi connectivity index (χ1v) is 13.1. The molecule has 1 fully saturated rings. The Hall–Kier alpha value is -2.94. The Labute approximate surface area is 212 Å². The molecule has 0 unspecified atom stereocenters. The second-order valence-corrected chi connectivity index (χ2v) is 9.72. The van der Waals surface area contributed by atoms with Crippen molar-refractivity contribution in [3.63, 3.8) is 0 Å². The van der Waals surface area contributed by atoms with Gasteiger partial charge >= 0.3 is 5.97 Å². The molecule has 0 aliphatic carbocycles. The van der Waals surface area contributed by atoms with Crippen LogP contribution in [0.15, 0.2) is 30.7 Å². The molecule has 0 bridgehead atoms. The molecule has 4 rings (SSSR count). The third-order valence-electron chi connectivity index (χ3n) is 7.33. The molecule has 1 saturated heterocycles. The van der Waals surface area contributed by atoms with Crippen molar-refractivity contribution in [3.05, 3.63) is 36.3 Å². The molecule has 36 heavy (non-hydrogen) atoms. The monoisotopic (exact) mass is 502 g/mol. The second-order valence-electron chi connectivity index (χ2n) is 9.72. The standard InChI is InChI=1S/C27H38N2O7/c1-3-5-11-28(12-6-4-2)24(30)17-29-16-20(19-7-9-22-23(15-19)36-18-35-22)26(27(31)32)21(29)8-10-25-33-13-14-34-25/h7,9,13-15,20-21,25-26H,3-6,8,10-12,16-18H2,1-2H3,(H,31,32)/t20-,21+,26-/m1/s1. The summed E-state index contributed by atoms with van der Waals surface area (Å²) < 4.78 is 21.9. The highest BCUT2D eigenvalue weighted by atomic mass is 16.7. The third kappa shape index (κ3) is 6.06. The lowest BCUT2D eigenvalue weighted by Crippen LogP contribution is -2.45. The summed E-state index contributed by atoms with van der Waals surface area (Å²) in [7, 11) is 0. The summed E-state index contributed by atoms with van der Waals surface area (Å²) in [5.74, 6) is -0.458. The van der Waals surface area contributed by atoms with E-state index in [1.54, 1.807) is 0 Å². The van der Waals surface area contributed by atoms with Crippen LogP contribution < -0.4 is 9.47 Å². The molecule has 1 amide bonds. The summed E-state index contributed by atoms with van der Waals surface area (Å²) in [6.45, 7) is 6.55. The Morgan fingerprint density at radius 3 is 2.39 bits per heavy atom. The van der Waals surface area contributed by atoms with Crippen molar-refractivity contribution < 1.29 is 33.6 Å².